The van der Waals surface area contributed by atoms with Crippen molar-refractivity contribution in [2.75, 3.05) is 32.8 Å². The Bertz CT molecular complexity index is 458. The lowest BCUT2D eigenvalue weighted by Gasteiger charge is -2.40. The van der Waals surface area contributed by atoms with Crippen LogP contribution in [0.4, 0.5) is 0 Å². The van der Waals surface area contributed by atoms with E-state index in [9.17, 15) is 0 Å². The molecule has 3 nitrogen and oxygen atoms in total. The van der Waals surface area contributed by atoms with Crippen LogP contribution in [0.15, 0.2) is 30.3 Å². The zero-order chi connectivity index (χ0) is 14.1. The molecule has 3 saturated heterocycles. The molecule has 3 aliphatic rings. The van der Waals surface area contributed by atoms with Crippen LogP contribution in [0, 0.1) is 0 Å². The van der Waals surface area contributed by atoms with Gasteiger partial charge in [0.2, 0.25) is 0 Å². The lowest BCUT2D eigenvalue weighted by atomic mass is 9.97. The van der Waals surface area contributed by atoms with E-state index in [1.807, 2.05) is 0 Å². The van der Waals surface area contributed by atoms with Crippen molar-refractivity contribution in [2.45, 2.75) is 43.8 Å². The topological polar surface area (TPSA) is 15.7 Å². The molecule has 3 atom stereocenters. The van der Waals surface area contributed by atoms with E-state index in [4.69, 9.17) is 4.74 Å². The summed E-state index contributed by atoms with van der Waals surface area (Å²) in [5, 5.41) is 0. The van der Waals surface area contributed by atoms with Crippen LogP contribution in [0.5, 0.6) is 0 Å². The molecule has 3 unspecified atom stereocenters. The van der Waals surface area contributed by atoms with Gasteiger partial charge in [0.25, 0.3) is 0 Å². The molecule has 0 spiro atoms. The summed E-state index contributed by atoms with van der Waals surface area (Å²) in [6, 6.07) is 13.3. The predicted molar refractivity (Wildman–Crippen MR) is 84.3 cm³/mol. The van der Waals surface area contributed by atoms with Crippen LogP contribution in [-0.2, 0) is 4.74 Å². The van der Waals surface area contributed by atoms with Gasteiger partial charge in [-0.2, -0.15) is 0 Å². The normalized spacial score (nSPS) is 34.8. The molecule has 0 saturated carbocycles. The van der Waals surface area contributed by atoms with Crippen LogP contribution in [0.1, 0.15) is 37.3 Å². The maximum absolute atomic E-state index is 5.55. The van der Waals surface area contributed by atoms with Crippen LogP contribution in [-0.4, -0.2) is 54.7 Å². The predicted octanol–water partition coefficient (Wildman–Crippen LogP) is 2.69. The highest BCUT2D eigenvalue weighted by Gasteiger charge is 2.45. The summed E-state index contributed by atoms with van der Waals surface area (Å²) in [6.07, 6.45) is 5.46. The van der Waals surface area contributed by atoms with E-state index in [2.05, 4.69) is 40.1 Å². The second-order valence-corrected chi connectivity index (χ2v) is 6.68. The quantitative estimate of drug-likeness (QED) is 0.831. The Morgan fingerprint density at radius 1 is 0.905 bits per heavy atom. The Labute approximate surface area is 127 Å². The van der Waals surface area contributed by atoms with E-state index in [-0.39, 0.29) is 0 Å². The molecule has 0 bridgehead atoms. The van der Waals surface area contributed by atoms with Gasteiger partial charge in [-0.25, -0.2) is 0 Å². The molecule has 0 radical (unpaired) electrons. The van der Waals surface area contributed by atoms with Crippen molar-refractivity contribution in [1.29, 1.82) is 0 Å². The maximum atomic E-state index is 5.55. The van der Waals surface area contributed by atoms with E-state index in [0.717, 1.165) is 38.4 Å². The number of ether oxygens (including phenoxy) is 1. The summed E-state index contributed by atoms with van der Waals surface area (Å²) in [7, 11) is 0. The van der Waals surface area contributed by atoms with Gasteiger partial charge >= 0.3 is 0 Å². The van der Waals surface area contributed by atoms with Gasteiger partial charge in [0.15, 0.2) is 0 Å². The fourth-order valence-corrected chi connectivity index (χ4v) is 4.61. The number of morpholine rings is 1. The Morgan fingerprint density at radius 2 is 1.71 bits per heavy atom. The Morgan fingerprint density at radius 3 is 2.52 bits per heavy atom. The number of hydrogen-bond donors (Lipinski definition) is 0. The second-order valence-electron chi connectivity index (χ2n) is 6.68. The molecule has 0 aromatic heterocycles. The van der Waals surface area contributed by atoms with Crippen LogP contribution in [0.3, 0.4) is 0 Å². The van der Waals surface area contributed by atoms with Crippen molar-refractivity contribution in [2.24, 2.45) is 0 Å². The summed E-state index contributed by atoms with van der Waals surface area (Å²) < 4.78 is 5.55. The number of benzene rings is 1. The molecule has 4 rings (SSSR count). The SMILES string of the molecule is c1ccc(C2CC(N3CCOCC3)C3CCCCN23)cc1. The number of nitrogens with zero attached hydrogens (tertiary/aromatic N) is 2. The summed E-state index contributed by atoms with van der Waals surface area (Å²) >= 11 is 0. The molecule has 3 aliphatic heterocycles. The molecule has 1 aromatic rings. The zero-order valence-electron chi connectivity index (χ0n) is 12.8. The number of hydrogen-bond acceptors (Lipinski definition) is 3. The molecule has 0 aliphatic carbocycles. The first-order valence-corrected chi connectivity index (χ1v) is 8.56. The second kappa shape index (κ2) is 6.07. The minimum atomic E-state index is 0.629. The fourth-order valence-electron chi connectivity index (χ4n) is 4.61. The van der Waals surface area contributed by atoms with Gasteiger partial charge in [-0.05, 0) is 31.4 Å². The first-order valence-electron chi connectivity index (χ1n) is 8.56. The molecule has 1 aromatic carbocycles. The molecule has 3 fully saturated rings. The average Bonchev–Trinajstić information content (AvgIpc) is 2.96. The van der Waals surface area contributed by atoms with Crippen molar-refractivity contribution < 1.29 is 4.74 Å². The van der Waals surface area contributed by atoms with Crippen molar-refractivity contribution in [3.05, 3.63) is 35.9 Å². The van der Waals surface area contributed by atoms with Crippen LogP contribution >= 0.6 is 0 Å². The molecule has 0 N–H and O–H groups in total. The van der Waals surface area contributed by atoms with Crippen molar-refractivity contribution in [3.63, 3.8) is 0 Å². The Hall–Kier alpha value is -0.900. The standard InChI is InChI=1S/C18H26N2O/c1-2-6-15(7-3-1)17-14-18(19-10-12-21-13-11-19)16-8-4-5-9-20(16)17/h1-3,6-7,16-18H,4-5,8-14H2. The van der Waals surface area contributed by atoms with E-state index >= 15 is 0 Å². The number of rotatable bonds is 2. The highest BCUT2D eigenvalue weighted by Crippen LogP contribution is 2.42. The van der Waals surface area contributed by atoms with Gasteiger partial charge in [-0.1, -0.05) is 36.8 Å². The Balaban J connectivity index is 1.58. The largest absolute Gasteiger partial charge is 0.379 e. The Kier molecular flexibility index (Phi) is 3.97. The van der Waals surface area contributed by atoms with Gasteiger partial charge in [0, 0.05) is 31.2 Å². The third kappa shape index (κ3) is 2.63. The van der Waals surface area contributed by atoms with Gasteiger partial charge in [0.1, 0.15) is 0 Å². The van der Waals surface area contributed by atoms with Crippen molar-refractivity contribution in [1.82, 2.24) is 9.80 Å². The number of fused-ring (bicyclic) bond motifs is 1. The highest BCUT2D eigenvalue weighted by atomic mass is 16.5. The molecule has 3 heterocycles. The van der Waals surface area contributed by atoms with Crippen LogP contribution in [0.25, 0.3) is 0 Å². The smallest absolute Gasteiger partial charge is 0.0594 e. The van der Waals surface area contributed by atoms with Crippen molar-refractivity contribution in [3.8, 4) is 0 Å². The highest BCUT2D eigenvalue weighted by molar-refractivity contribution is 5.22. The molecule has 21 heavy (non-hydrogen) atoms. The molecule has 3 heteroatoms. The summed E-state index contributed by atoms with van der Waals surface area (Å²) in [6.45, 7) is 5.36. The maximum Gasteiger partial charge on any atom is 0.0594 e. The minimum Gasteiger partial charge on any atom is -0.379 e. The molecule has 0 amide bonds. The van der Waals surface area contributed by atoms with Crippen LogP contribution in [0.2, 0.25) is 0 Å². The fraction of sp³-hybridized carbons (Fsp3) is 0.667. The lowest BCUT2D eigenvalue weighted by molar-refractivity contribution is 0.00410. The van der Waals surface area contributed by atoms with E-state index in [0.29, 0.717) is 6.04 Å². The van der Waals surface area contributed by atoms with Gasteiger partial charge < -0.3 is 4.74 Å². The molecular formula is C18H26N2O. The molecule has 114 valence electrons. The van der Waals surface area contributed by atoms with Crippen LogP contribution < -0.4 is 0 Å². The first kappa shape index (κ1) is 13.7. The van der Waals surface area contributed by atoms with E-state index < -0.39 is 0 Å². The van der Waals surface area contributed by atoms with Gasteiger partial charge in [0.05, 0.1) is 13.2 Å². The number of piperidine rings is 1. The van der Waals surface area contributed by atoms with Gasteiger partial charge in [-0.3, -0.25) is 9.80 Å². The monoisotopic (exact) mass is 286 g/mol. The third-order valence-corrected chi connectivity index (χ3v) is 5.60. The summed E-state index contributed by atoms with van der Waals surface area (Å²) in [4.78, 5) is 5.51. The molecular weight excluding hydrogens is 260 g/mol. The minimum absolute atomic E-state index is 0.629. The van der Waals surface area contributed by atoms with Crippen molar-refractivity contribution >= 4 is 0 Å². The lowest BCUT2D eigenvalue weighted by Crippen LogP contribution is -2.50. The summed E-state index contributed by atoms with van der Waals surface area (Å²) in [5.74, 6) is 0. The first-order chi connectivity index (χ1) is 10.4. The zero-order valence-corrected chi connectivity index (χ0v) is 12.8. The summed E-state index contributed by atoms with van der Waals surface area (Å²) in [5.41, 5.74) is 1.51. The van der Waals surface area contributed by atoms with E-state index in [1.165, 1.54) is 37.8 Å². The van der Waals surface area contributed by atoms with Gasteiger partial charge in [-0.15, -0.1) is 0 Å². The average molecular weight is 286 g/mol. The van der Waals surface area contributed by atoms with E-state index in [1.54, 1.807) is 0 Å². The third-order valence-electron chi connectivity index (χ3n) is 5.60.